The minimum Gasteiger partial charge on any atom is -0.464 e. The number of fused-ring (bicyclic) bond motifs is 1. The van der Waals surface area contributed by atoms with E-state index in [1.54, 1.807) is 6.26 Å². The molecule has 116 valence electrons. The highest BCUT2D eigenvalue weighted by atomic mass is 32.1. The van der Waals surface area contributed by atoms with Gasteiger partial charge in [0.05, 0.1) is 18.0 Å². The molecule has 23 heavy (non-hydrogen) atoms. The Morgan fingerprint density at radius 3 is 3.13 bits per heavy atom. The van der Waals surface area contributed by atoms with Crippen molar-refractivity contribution in [3.8, 4) is 10.6 Å². The molecular weight excluding hydrogens is 314 g/mol. The van der Waals surface area contributed by atoms with E-state index >= 15 is 0 Å². The van der Waals surface area contributed by atoms with Crippen LogP contribution in [-0.2, 0) is 4.79 Å². The highest BCUT2D eigenvalue weighted by Gasteiger charge is 2.26. The Kier molecular flexibility index (Phi) is 3.34. The summed E-state index contributed by atoms with van der Waals surface area (Å²) in [4.78, 5) is 28.6. The summed E-state index contributed by atoms with van der Waals surface area (Å²) in [5.74, 6) is -0.411. The van der Waals surface area contributed by atoms with Crippen molar-refractivity contribution in [2.75, 3.05) is 6.54 Å². The predicted molar refractivity (Wildman–Crippen MR) is 86.2 cm³/mol. The van der Waals surface area contributed by atoms with E-state index in [1.807, 2.05) is 24.3 Å². The first-order chi connectivity index (χ1) is 11.2. The van der Waals surface area contributed by atoms with Crippen LogP contribution in [0.25, 0.3) is 21.5 Å². The van der Waals surface area contributed by atoms with Gasteiger partial charge in [-0.25, -0.2) is 4.98 Å². The Labute approximate surface area is 135 Å². The Bertz CT molecular complexity index is 899. The van der Waals surface area contributed by atoms with Crippen LogP contribution in [0, 0.1) is 0 Å². The Morgan fingerprint density at radius 1 is 1.39 bits per heavy atom. The molecule has 0 radical (unpaired) electrons. The van der Waals surface area contributed by atoms with Gasteiger partial charge in [-0.3, -0.25) is 9.59 Å². The third kappa shape index (κ3) is 2.49. The molecule has 6 nitrogen and oxygen atoms in total. The molecule has 1 fully saturated rings. The molecule has 1 aromatic carbocycles. The lowest BCUT2D eigenvalue weighted by Crippen LogP contribution is -2.39. The fourth-order valence-electron chi connectivity index (χ4n) is 2.63. The van der Waals surface area contributed by atoms with Crippen LogP contribution in [0.15, 0.2) is 41.1 Å². The topological polar surface area (TPSA) is 84.2 Å². The molecule has 1 atom stereocenters. The summed E-state index contributed by atoms with van der Waals surface area (Å²) in [7, 11) is 0. The fourth-order valence-corrected chi connectivity index (χ4v) is 3.47. The third-order valence-corrected chi connectivity index (χ3v) is 4.82. The van der Waals surface area contributed by atoms with Gasteiger partial charge in [-0.05, 0) is 18.6 Å². The van der Waals surface area contributed by atoms with Crippen molar-refractivity contribution in [3.05, 3.63) is 41.6 Å². The monoisotopic (exact) mass is 327 g/mol. The SMILES string of the molecule is O=C(NC1CCNC1=O)c1cnc(-c2cccc3ccoc23)s1. The maximum atomic E-state index is 12.3. The van der Waals surface area contributed by atoms with Gasteiger partial charge in [0.2, 0.25) is 5.91 Å². The molecule has 7 heteroatoms. The maximum Gasteiger partial charge on any atom is 0.263 e. The van der Waals surface area contributed by atoms with Gasteiger partial charge >= 0.3 is 0 Å². The zero-order valence-electron chi connectivity index (χ0n) is 12.0. The van der Waals surface area contributed by atoms with Crippen LogP contribution >= 0.6 is 11.3 Å². The number of hydrogen-bond acceptors (Lipinski definition) is 5. The smallest absolute Gasteiger partial charge is 0.263 e. The number of amides is 2. The number of hydrogen-bond donors (Lipinski definition) is 2. The summed E-state index contributed by atoms with van der Waals surface area (Å²) >= 11 is 1.28. The molecule has 3 heterocycles. The van der Waals surface area contributed by atoms with Crippen LogP contribution in [0.1, 0.15) is 16.1 Å². The van der Waals surface area contributed by atoms with Gasteiger partial charge in [0, 0.05) is 11.9 Å². The van der Waals surface area contributed by atoms with Gasteiger partial charge in [-0.1, -0.05) is 12.1 Å². The Morgan fingerprint density at radius 2 is 2.30 bits per heavy atom. The number of para-hydroxylation sites is 1. The Hall–Kier alpha value is -2.67. The van der Waals surface area contributed by atoms with Gasteiger partial charge in [0.15, 0.2) is 0 Å². The number of furan rings is 1. The summed E-state index contributed by atoms with van der Waals surface area (Å²) < 4.78 is 5.51. The number of nitrogens with zero attached hydrogens (tertiary/aromatic N) is 1. The molecule has 3 aromatic rings. The van der Waals surface area contributed by atoms with Gasteiger partial charge in [-0.2, -0.15) is 0 Å². The van der Waals surface area contributed by atoms with E-state index in [1.165, 1.54) is 17.5 Å². The first-order valence-corrected chi connectivity index (χ1v) is 8.05. The van der Waals surface area contributed by atoms with Gasteiger partial charge < -0.3 is 15.1 Å². The van der Waals surface area contributed by atoms with Crippen LogP contribution in [0.2, 0.25) is 0 Å². The molecule has 1 saturated heterocycles. The summed E-state index contributed by atoms with van der Waals surface area (Å²) in [5.41, 5.74) is 1.61. The third-order valence-electron chi connectivity index (χ3n) is 3.79. The molecular formula is C16H13N3O3S. The number of thiazole rings is 1. The second-order valence-corrected chi connectivity index (χ2v) is 6.31. The number of carbonyl (C=O) groups is 2. The average Bonchev–Trinajstić information content (AvgIpc) is 3.27. The van der Waals surface area contributed by atoms with Crippen molar-refractivity contribution < 1.29 is 14.0 Å². The molecule has 4 rings (SSSR count). The second kappa shape index (κ2) is 5.51. The average molecular weight is 327 g/mol. The Balaban J connectivity index is 1.60. The molecule has 0 saturated carbocycles. The molecule has 0 aliphatic carbocycles. The zero-order valence-corrected chi connectivity index (χ0v) is 12.9. The number of rotatable bonds is 3. The van der Waals surface area contributed by atoms with Crippen LogP contribution < -0.4 is 10.6 Å². The first-order valence-electron chi connectivity index (χ1n) is 7.23. The molecule has 1 aliphatic rings. The molecule has 1 aliphatic heterocycles. The van der Waals surface area contributed by atoms with Crippen LogP contribution in [0.5, 0.6) is 0 Å². The van der Waals surface area contributed by atoms with E-state index in [0.29, 0.717) is 22.9 Å². The van der Waals surface area contributed by atoms with Crippen molar-refractivity contribution in [2.24, 2.45) is 0 Å². The summed E-state index contributed by atoms with van der Waals surface area (Å²) in [5, 5.41) is 7.14. The fraction of sp³-hybridized carbons (Fsp3) is 0.188. The quantitative estimate of drug-likeness (QED) is 0.772. The van der Waals surface area contributed by atoms with E-state index in [9.17, 15) is 9.59 Å². The normalized spacial score (nSPS) is 17.4. The van der Waals surface area contributed by atoms with Crippen LogP contribution in [-0.4, -0.2) is 29.4 Å². The van der Waals surface area contributed by atoms with Gasteiger partial charge in [0.1, 0.15) is 21.5 Å². The van der Waals surface area contributed by atoms with Crippen LogP contribution in [0.4, 0.5) is 0 Å². The maximum absolute atomic E-state index is 12.3. The number of carbonyl (C=O) groups excluding carboxylic acids is 2. The van der Waals surface area contributed by atoms with E-state index in [-0.39, 0.29) is 11.8 Å². The predicted octanol–water partition coefficient (Wildman–Crippen LogP) is 2.17. The largest absolute Gasteiger partial charge is 0.464 e. The van der Waals surface area contributed by atoms with Gasteiger partial charge in [0.25, 0.3) is 5.91 Å². The molecule has 2 aromatic heterocycles. The number of nitrogens with one attached hydrogen (secondary N) is 2. The van der Waals surface area contributed by atoms with Crippen molar-refractivity contribution in [2.45, 2.75) is 12.5 Å². The standard InChI is InChI=1S/C16H13N3O3S/c20-14-11(4-6-17-14)19-15(21)12-8-18-16(23-12)10-3-1-2-9-5-7-22-13(9)10/h1-3,5,7-8,11H,4,6H2,(H,17,20)(H,19,21). The molecule has 1 unspecified atom stereocenters. The van der Waals surface area contributed by atoms with E-state index in [4.69, 9.17) is 4.42 Å². The highest BCUT2D eigenvalue weighted by Crippen LogP contribution is 2.32. The minimum absolute atomic E-state index is 0.136. The van der Waals surface area contributed by atoms with Crippen molar-refractivity contribution in [1.82, 2.24) is 15.6 Å². The lowest BCUT2D eigenvalue weighted by molar-refractivity contribution is -0.120. The van der Waals surface area contributed by atoms with Crippen molar-refractivity contribution in [3.63, 3.8) is 0 Å². The summed E-state index contributed by atoms with van der Waals surface area (Å²) in [6, 6.07) is 7.23. The molecule has 2 N–H and O–H groups in total. The molecule has 2 amide bonds. The molecule has 0 bridgehead atoms. The number of aromatic nitrogens is 1. The van der Waals surface area contributed by atoms with Crippen LogP contribution in [0.3, 0.4) is 0 Å². The van der Waals surface area contributed by atoms with E-state index in [0.717, 1.165) is 16.5 Å². The highest BCUT2D eigenvalue weighted by molar-refractivity contribution is 7.17. The summed E-state index contributed by atoms with van der Waals surface area (Å²) in [6.07, 6.45) is 3.78. The van der Waals surface area contributed by atoms with E-state index in [2.05, 4.69) is 15.6 Å². The lowest BCUT2D eigenvalue weighted by Gasteiger charge is -2.07. The first kappa shape index (κ1) is 14.0. The minimum atomic E-state index is -0.457. The van der Waals surface area contributed by atoms with E-state index < -0.39 is 6.04 Å². The molecule has 0 spiro atoms. The second-order valence-electron chi connectivity index (χ2n) is 5.28. The zero-order chi connectivity index (χ0) is 15.8. The number of benzene rings is 1. The lowest BCUT2D eigenvalue weighted by atomic mass is 10.2. The summed E-state index contributed by atoms with van der Waals surface area (Å²) in [6.45, 7) is 0.595. The van der Waals surface area contributed by atoms with Crippen molar-refractivity contribution >= 4 is 34.1 Å². The van der Waals surface area contributed by atoms with Gasteiger partial charge in [-0.15, -0.1) is 11.3 Å². The van der Waals surface area contributed by atoms with Crippen molar-refractivity contribution in [1.29, 1.82) is 0 Å².